The molecular weight excluding hydrogens is 208 g/mol. The highest BCUT2D eigenvalue weighted by atomic mass is 15.1. The molecule has 2 rings (SSSR count). The molecule has 100 valence electrons. The maximum Gasteiger partial charge on any atom is 0.00106 e. The van der Waals surface area contributed by atoms with Crippen LogP contribution in [0.3, 0.4) is 0 Å². The Kier molecular flexibility index (Phi) is 5.30. The monoisotopic (exact) mass is 238 g/mol. The summed E-state index contributed by atoms with van der Waals surface area (Å²) in [5.74, 6) is 2.86. The van der Waals surface area contributed by atoms with Crippen LogP contribution in [0.4, 0.5) is 0 Å². The summed E-state index contributed by atoms with van der Waals surface area (Å²) in [5.41, 5.74) is 0. The zero-order valence-electron chi connectivity index (χ0n) is 11.8. The molecule has 0 radical (unpaired) electrons. The van der Waals surface area contributed by atoms with E-state index in [-0.39, 0.29) is 0 Å². The fourth-order valence-corrected chi connectivity index (χ4v) is 3.37. The first-order valence-electron chi connectivity index (χ1n) is 7.72. The Morgan fingerprint density at radius 1 is 1.24 bits per heavy atom. The van der Waals surface area contributed by atoms with Crippen molar-refractivity contribution >= 4 is 0 Å². The first-order chi connectivity index (χ1) is 8.29. The van der Waals surface area contributed by atoms with E-state index in [1.807, 2.05) is 0 Å². The van der Waals surface area contributed by atoms with Gasteiger partial charge in [-0.1, -0.05) is 26.7 Å². The van der Waals surface area contributed by atoms with E-state index < -0.39 is 0 Å². The number of likely N-dealkylation sites (tertiary alicyclic amines) is 1. The number of hydrogen-bond donors (Lipinski definition) is 1. The zero-order valence-corrected chi connectivity index (χ0v) is 11.8. The molecule has 0 saturated carbocycles. The van der Waals surface area contributed by atoms with Crippen molar-refractivity contribution < 1.29 is 0 Å². The van der Waals surface area contributed by atoms with Crippen molar-refractivity contribution in [1.82, 2.24) is 10.2 Å². The van der Waals surface area contributed by atoms with E-state index in [9.17, 15) is 0 Å². The first kappa shape index (κ1) is 13.4. The Morgan fingerprint density at radius 2 is 2.06 bits per heavy atom. The van der Waals surface area contributed by atoms with Gasteiger partial charge in [-0.2, -0.15) is 0 Å². The van der Waals surface area contributed by atoms with E-state index in [0.29, 0.717) is 0 Å². The van der Waals surface area contributed by atoms with Crippen molar-refractivity contribution in [3.8, 4) is 0 Å². The van der Waals surface area contributed by atoms with Crippen molar-refractivity contribution in [1.29, 1.82) is 0 Å². The van der Waals surface area contributed by atoms with E-state index in [1.54, 1.807) is 0 Å². The van der Waals surface area contributed by atoms with Gasteiger partial charge >= 0.3 is 0 Å². The SMILES string of the molecule is CCCC1CCCN(CC(C)C2CNC2)CC1. The Labute approximate surface area is 107 Å². The molecule has 2 fully saturated rings. The van der Waals surface area contributed by atoms with Crippen LogP contribution in [0.15, 0.2) is 0 Å². The van der Waals surface area contributed by atoms with Crippen LogP contribution in [0.2, 0.25) is 0 Å². The minimum absolute atomic E-state index is 0.888. The molecule has 0 aromatic heterocycles. The van der Waals surface area contributed by atoms with Crippen molar-refractivity contribution in [2.45, 2.75) is 46.0 Å². The summed E-state index contributed by atoms with van der Waals surface area (Å²) in [6.07, 6.45) is 7.18. The van der Waals surface area contributed by atoms with Gasteiger partial charge in [-0.3, -0.25) is 0 Å². The Morgan fingerprint density at radius 3 is 2.71 bits per heavy atom. The molecule has 2 nitrogen and oxygen atoms in total. The second-order valence-electron chi connectivity index (χ2n) is 6.28. The predicted octanol–water partition coefficient (Wildman–Crippen LogP) is 2.74. The molecule has 2 aliphatic rings. The van der Waals surface area contributed by atoms with Crippen LogP contribution in [0.1, 0.15) is 46.0 Å². The number of nitrogens with zero attached hydrogens (tertiary/aromatic N) is 1. The highest BCUT2D eigenvalue weighted by Gasteiger charge is 2.26. The van der Waals surface area contributed by atoms with Gasteiger partial charge in [0.05, 0.1) is 0 Å². The van der Waals surface area contributed by atoms with Crippen LogP contribution in [0.5, 0.6) is 0 Å². The normalized spacial score (nSPS) is 29.6. The Bertz CT molecular complexity index is 213. The molecule has 1 N–H and O–H groups in total. The van der Waals surface area contributed by atoms with Crippen LogP contribution >= 0.6 is 0 Å². The van der Waals surface area contributed by atoms with E-state index in [2.05, 4.69) is 24.1 Å². The lowest BCUT2D eigenvalue weighted by Gasteiger charge is -2.35. The zero-order chi connectivity index (χ0) is 12.1. The van der Waals surface area contributed by atoms with E-state index >= 15 is 0 Å². The highest BCUT2D eigenvalue weighted by Crippen LogP contribution is 2.24. The van der Waals surface area contributed by atoms with Gasteiger partial charge in [0.1, 0.15) is 0 Å². The number of hydrogen-bond acceptors (Lipinski definition) is 2. The summed E-state index contributed by atoms with van der Waals surface area (Å²) in [6, 6.07) is 0. The topological polar surface area (TPSA) is 15.3 Å². The predicted molar refractivity (Wildman–Crippen MR) is 74.2 cm³/mol. The fraction of sp³-hybridized carbons (Fsp3) is 1.00. The lowest BCUT2D eigenvalue weighted by Crippen LogP contribution is -2.48. The molecule has 0 bridgehead atoms. The van der Waals surface area contributed by atoms with Gasteiger partial charge in [-0.05, 0) is 63.2 Å². The summed E-state index contributed by atoms with van der Waals surface area (Å²) < 4.78 is 0. The molecule has 0 aliphatic carbocycles. The maximum absolute atomic E-state index is 3.40. The van der Waals surface area contributed by atoms with Crippen molar-refractivity contribution in [3.05, 3.63) is 0 Å². The van der Waals surface area contributed by atoms with Gasteiger partial charge in [-0.15, -0.1) is 0 Å². The summed E-state index contributed by atoms with van der Waals surface area (Å²) in [6.45, 7) is 11.3. The molecule has 17 heavy (non-hydrogen) atoms. The van der Waals surface area contributed by atoms with E-state index in [0.717, 1.165) is 17.8 Å². The summed E-state index contributed by atoms with van der Waals surface area (Å²) in [4.78, 5) is 2.73. The van der Waals surface area contributed by atoms with Crippen molar-refractivity contribution in [3.63, 3.8) is 0 Å². The third-order valence-corrected chi connectivity index (χ3v) is 4.80. The van der Waals surface area contributed by atoms with Gasteiger partial charge in [0.2, 0.25) is 0 Å². The van der Waals surface area contributed by atoms with Gasteiger partial charge in [-0.25, -0.2) is 0 Å². The lowest BCUT2D eigenvalue weighted by atomic mass is 9.88. The van der Waals surface area contributed by atoms with Crippen LogP contribution in [0.25, 0.3) is 0 Å². The highest BCUT2D eigenvalue weighted by molar-refractivity contribution is 4.82. The van der Waals surface area contributed by atoms with Crippen molar-refractivity contribution in [2.24, 2.45) is 17.8 Å². The molecule has 2 atom stereocenters. The standard InChI is InChI=1S/C15H30N2/c1-3-5-14-6-4-8-17(9-7-14)12-13(2)15-10-16-11-15/h13-16H,3-12H2,1-2H3. The molecule has 2 aliphatic heterocycles. The Balaban J connectivity index is 1.70. The minimum atomic E-state index is 0.888. The molecule has 2 unspecified atom stereocenters. The molecule has 0 aromatic carbocycles. The van der Waals surface area contributed by atoms with Crippen LogP contribution in [-0.2, 0) is 0 Å². The number of rotatable bonds is 5. The second-order valence-corrected chi connectivity index (χ2v) is 6.28. The van der Waals surface area contributed by atoms with Gasteiger partial charge in [0, 0.05) is 6.54 Å². The second kappa shape index (κ2) is 6.75. The van der Waals surface area contributed by atoms with Gasteiger partial charge in [0.15, 0.2) is 0 Å². The summed E-state index contributed by atoms with van der Waals surface area (Å²) in [7, 11) is 0. The third kappa shape index (κ3) is 3.96. The lowest BCUT2D eigenvalue weighted by molar-refractivity contribution is 0.168. The van der Waals surface area contributed by atoms with Gasteiger partial charge in [0.25, 0.3) is 0 Å². The molecular formula is C15H30N2. The average molecular weight is 238 g/mol. The fourth-order valence-electron chi connectivity index (χ4n) is 3.37. The van der Waals surface area contributed by atoms with Crippen LogP contribution < -0.4 is 5.32 Å². The third-order valence-electron chi connectivity index (χ3n) is 4.80. The van der Waals surface area contributed by atoms with Crippen LogP contribution in [0, 0.1) is 17.8 Å². The largest absolute Gasteiger partial charge is 0.316 e. The summed E-state index contributed by atoms with van der Waals surface area (Å²) in [5, 5.41) is 3.40. The minimum Gasteiger partial charge on any atom is -0.316 e. The van der Waals surface area contributed by atoms with Crippen LogP contribution in [-0.4, -0.2) is 37.6 Å². The van der Waals surface area contributed by atoms with E-state index in [4.69, 9.17) is 0 Å². The van der Waals surface area contributed by atoms with Crippen molar-refractivity contribution in [2.75, 3.05) is 32.7 Å². The molecule has 0 spiro atoms. The smallest absolute Gasteiger partial charge is 0.00106 e. The quantitative estimate of drug-likeness (QED) is 0.792. The molecule has 0 aromatic rings. The molecule has 2 saturated heterocycles. The maximum atomic E-state index is 3.40. The first-order valence-corrected chi connectivity index (χ1v) is 7.72. The Hall–Kier alpha value is -0.0800. The molecule has 0 amide bonds. The van der Waals surface area contributed by atoms with E-state index in [1.165, 1.54) is 64.8 Å². The average Bonchev–Trinajstić information content (AvgIpc) is 2.42. The molecule has 2 heteroatoms. The number of nitrogens with one attached hydrogen (secondary N) is 1. The molecule has 2 heterocycles. The summed E-state index contributed by atoms with van der Waals surface area (Å²) >= 11 is 0. The van der Waals surface area contributed by atoms with Gasteiger partial charge < -0.3 is 10.2 Å².